The Morgan fingerprint density at radius 1 is 1.22 bits per heavy atom. The zero-order valence-corrected chi connectivity index (χ0v) is 9.80. The van der Waals surface area contributed by atoms with E-state index < -0.39 is 11.6 Å². The Labute approximate surface area is 104 Å². The Balaban J connectivity index is 1.86. The number of hydrogen-bond donors (Lipinski definition) is 1. The second-order valence-corrected chi connectivity index (χ2v) is 4.88. The van der Waals surface area contributed by atoms with Gasteiger partial charge < -0.3 is 5.32 Å². The maximum atomic E-state index is 13.2. The Kier molecular flexibility index (Phi) is 2.65. The van der Waals surface area contributed by atoms with Crippen LogP contribution < -0.4 is 5.32 Å². The molecule has 1 saturated carbocycles. The summed E-state index contributed by atoms with van der Waals surface area (Å²) in [6, 6.07) is 2.72. The minimum atomic E-state index is -0.857. The third kappa shape index (κ3) is 2.15. The monoisotopic (exact) mass is 249 g/mol. The van der Waals surface area contributed by atoms with Gasteiger partial charge in [-0.25, -0.2) is 8.78 Å². The number of rotatable bonds is 2. The molecule has 1 aromatic rings. The lowest BCUT2D eigenvalue weighted by Crippen LogP contribution is -2.23. The second-order valence-electron chi connectivity index (χ2n) is 4.88. The zero-order chi connectivity index (χ0) is 12.7. The average Bonchev–Trinajstić information content (AvgIpc) is 3.05. The fourth-order valence-electron chi connectivity index (χ4n) is 2.28. The summed E-state index contributed by atoms with van der Waals surface area (Å²) in [5.41, 5.74) is 2.24. The second kappa shape index (κ2) is 4.19. The molecule has 1 aromatic carbocycles. The number of nitrogens with one attached hydrogen (secondary N) is 1. The first-order valence-electron chi connectivity index (χ1n) is 6.13. The highest BCUT2D eigenvalue weighted by molar-refractivity contribution is 5.96. The van der Waals surface area contributed by atoms with E-state index in [0.717, 1.165) is 24.0 Å². The SMILES string of the molecule is O=C(C=C1CCc2cc(F)c(F)cc21)NC1CC1. The van der Waals surface area contributed by atoms with Crippen LogP contribution in [-0.4, -0.2) is 11.9 Å². The first-order valence-corrected chi connectivity index (χ1v) is 6.13. The first kappa shape index (κ1) is 11.4. The highest BCUT2D eigenvalue weighted by atomic mass is 19.2. The van der Waals surface area contributed by atoms with Crippen molar-refractivity contribution in [3.63, 3.8) is 0 Å². The van der Waals surface area contributed by atoms with Crippen molar-refractivity contribution in [2.24, 2.45) is 0 Å². The summed E-state index contributed by atoms with van der Waals surface area (Å²) >= 11 is 0. The summed E-state index contributed by atoms with van der Waals surface area (Å²) in [7, 11) is 0. The van der Waals surface area contributed by atoms with E-state index in [1.165, 1.54) is 18.2 Å². The first-order chi connectivity index (χ1) is 8.63. The van der Waals surface area contributed by atoms with E-state index in [9.17, 15) is 13.6 Å². The largest absolute Gasteiger partial charge is 0.350 e. The van der Waals surface area contributed by atoms with Crippen molar-refractivity contribution in [2.75, 3.05) is 0 Å². The maximum Gasteiger partial charge on any atom is 0.244 e. The standard InChI is InChI=1S/C14H13F2NO/c15-12-5-8-1-2-9(11(8)7-13(12)16)6-14(18)17-10-3-4-10/h5-7,10H,1-4H2,(H,17,18). The van der Waals surface area contributed by atoms with Crippen LogP contribution >= 0.6 is 0 Å². The Hall–Kier alpha value is -1.71. The third-order valence-corrected chi connectivity index (χ3v) is 3.38. The highest BCUT2D eigenvalue weighted by Crippen LogP contribution is 2.33. The quantitative estimate of drug-likeness (QED) is 0.802. The molecule has 0 spiro atoms. The Bertz CT molecular complexity index is 547. The summed E-state index contributed by atoms with van der Waals surface area (Å²) in [6.07, 6.45) is 4.91. The molecule has 2 nitrogen and oxygen atoms in total. The molecule has 4 heteroatoms. The van der Waals surface area contributed by atoms with Gasteiger partial charge in [0.2, 0.25) is 5.91 Å². The van der Waals surface area contributed by atoms with Gasteiger partial charge in [0.05, 0.1) is 0 Å². The highest BCUT2D eigenvalue weighted by Gasteiger charge is 2.24. The van der Waals surface area contributed by atoms with E-state index in [4.69, 9.17) is 0 Å². The fraction of sp³-hybridized carbons (Fsp3) is 0.357. The van der Waals surface area contributed by atoms with Crippen molar-refractivity contribution in [1.29, 1.82) is 0 Å². The Morgan fingerprint density at radius 2 is 1.94 bits per heavy atom. The summed E-state index contributed by atoms with van der Waals surface area (Å²) in [6.45, 7) is 0. The molecule has 0 unspecified atom stereocenters. The van der Waals surface area contributed by atoms with Crippen molar-refractivity contribution >= 4 is 11.5 Å². The van der Waals surface area contributed by atoms with Gasteiger partial charge in [0.1, 0.15) is 0 Å². The molecule has 2 aliphatic rings. The van der Waals surface area contributed by atoms with Gasteiger partial charge in [-0.2, -0.15) is 0 Å². The van der Waals surface area contributed by atoms with Crippen LogP contribution in [0.15, 0.2) is 18.2 Å². The van der Waals surface area contributed by atoms with Gasteiger partial charge in [0.15, 0.2) is 11.6 Å². The predicted molar refractivity (Wildman–Crippen MR) is 63.8 cm³/mol. The van der Waals surface area contributed by atoms with Crippen LogP contribution in [0, 0.1) is 11.6 Å². The van der Waals surface area contributed by atoms with E-state index in [-0.39, 0.29) is 5.91 Å². The van der Waals surface area contributed by atoms with Gasteiger partial charge >= 0.3 is 0 Å². The van der Waals surface area contributed by atoms with Gasteiger partial charge in [-0.15, -0.1) is 0 Å². The minimum Gasteiger partial charge on any atom is -0.350 e. The summed E-state index contributed by atoms with van der Waals surface area (Å²) in [5.74, 6) is -1.81. The smallest absolute Gasteiger partial charge is 0.244 e. The zero-order valence-electron chi connectivity index (χ0n) is 9.80. The molecule has 0 saturated heterocycles. The molecule has 0 aromatic heterocycles. The fourth-order valence-corrected chi connectivity index (χ4v) is 2.28. The summed E-state index contributed by atoms with van der Waals surface area (Å²) < 4.78 is 26.3. The van der Waals surface area contributed by atoms with Crippen molar-refractivity contribution in [3.05, 3.63) is 41.0 Å². The van der Waals surface area contributed by atoms with Gasteiger partial charge in [-0.05, 0) is 54.5 Å². The van der Waals surface area contributed by atoms with Crippen LogP contribution in [-0.2, 0) is 11.2 Å². The van der Waals surface area contributed by atoms with Crippen LogP contribution in [0.2, 0.25) is 0 Å². The molecule has 2 aliphatic carbocycles. The molecule has 0 atom stereocenters. The number of aryl methyl sites for hydroxylation is 1. The van der Waals surface area contributed by atoms with E-state index in [0.29, 0.717) is 24.4 Å². The lowest BCUT2D eigenvalue weighted by molar-refractivity contribution is -0.116. The molecule has 0 bridgehead atoms. The normalized spacial score (nSPS) is 20.0. The summed E-state index contributed by atoms with van der Waals surface area (Å²) in [4.78, 5) is 11.7. The number of benzene rings is 1. The van der Waals surface area contributed by atoms with Crippen molar-refractivity contribution < 1.29 is 13.6 Å². The van der Waals surface area contributed by atoms with Crippen LogP contribution in [0.5, 0.6) is 0 Å². The Morgan fingerprint density at radius 3 is 2.67 bits per heavy atom. The van der Waals surface area contributed by atoms with E-state index in [1.54, 1.807) is 0 Å². The van der Waals surface area contributed by atoms with Crippen LogP contribution in [0.25, 0.3) is 5.57 Å². The molecule has 1 N–H and O–H groups in total. The third-order valence-electron chi connectivity index (χ3n) is 3.38. The van der Waals surface area contributed by atoms with Crippen LogP contribution in [0.4, 0.5) is 8.78 Å². The molecule has 1 amide bonds. The number of halogens is 2. The number of fused-ring (bicyclic) bond motifs is 1. The topological polar surface area (TPSA) is 29.1 Å². The number of carbonyl (C=O) groups is 1. The molecule has 0 aliphatic heterocycles. The van der Waals surface area contributed by atoms with Gasteiger partial charge in [-0.1, -0.05) is 0 Å². The number of hydrogen-bond acceptors (Lipinski definition) is 1. The molecule has 0 radical (unpaired) electrons. The van der Waals surface area contributed by atoms with Crippen molar-refractivity contribution in [3.8, 4) is 0 Å². The molecule has 3 rings (SSSR count). The maximum absolute atomic E-state index is 13.2. The van der Waals surface area contributed by atoms with Gasteiger partial charge in [0, 0.05) is 12.1 Å². The molecule has 0 heterocycles. The average molecular weight is 249 g/mol. The lowest BCUT2D eigenvalue weighted by Gasteiger charge is -2.03. The van der Waals surface area contributed by atoms with E-state index in [2.05, 4.69) is 5.32 Å². The van der Waals surface area contributed by atoms with E-state index >= 15 is 0 Å². The number of carbonyl (C=O) groups excluding carboxylic acids is 1. The molecule has 94 valence electrons. The minimum absolute atomic E-state index is 0.134. The number of allylic oxidation sites excluding steroid dienone is 1. The van der Waals surface area contributed by atoms with Crippen molar-refractivity contribution in [1.82, 2.24) is 5.32 Å². The van der Waals surface area contributed by atoms with E-state index in [1.807, 2.05) is 0 Å². The summed E-state index contributed by atoms with van der Waals surface area (Å²) in [5, 5.41) is 2.85. The van der Waals surface area contributed by atoms with Crippen LogP contribution in [0.3, 0.4) is 0 Å². The molecule has 18 heavy (non-hydrogen) atoms. The molecular formula is C14H13F2NO. The lowest BCUT2D eigenvalue weighted by atomic mass is 10.1. The molecule has 1 fully saturated rings. The van der Waals surface area contributed by atoms with Gasteiger partial charge in [0.25, 0.3) is 0 Å². The van der Waals surface area contributed by atoms with Crippen LogP contribution in [0.1, 0.15) is 30.4 Å². The van der Waals surface area contributed by atoms with Gasteiger partial charge in [-0.3, -0.25) is 4.79 Å². The predicted octanol–water partition coefficient (Wildman–Crippen LogP) is 2.57. The van der Waals surface area contributed by atoms with Crippen molar-refractivity contribution in [2.45, 2.75) is 31.7 Å². The molecular weight excluding hydrogens is 236 g/mol. The number of amides is 1.